The molecular formula is C7H9N3O2S. The average Bonchev–Trinajstić information content (AvgIpc) is 2.01. The molecule has 1 rings (SSSR count). The van der Waals surface area contributed by atoms with Gasteiger partial charge in [-0.05, 0) is 12.2 Å². The molecule has 0 atom stereocenters. The van der Waals surface area contributed by atoms with Crippen LogP contribution in [0.2, 0.25) is 0 Å². The Morgan fingerprint density at radius 1 is 1.85 bits per heavy atom. The number of aliphatic carboxylic acids is 1. The molecule has 0 saturated carbocycles. The molecule has 13 heavy (non-hydrogen) atoms. The normalized spacial score (nSPS) is 9.62. The molecule has 5 nitrogen and oxygen atoms in total. The molecule has 0 bridgehead atoms. The van der Waals surface area contributed by atoms with Gasteiger partial charge in [0.15, 0.2) is 4.77 Å². The highest BCUT2D eigenvalue weighted by Gasteiger charge is 2.02. The fourth-order valence-electron chi connectivity index (χ4n) is 0.894. The first kappa shape index (κ1) is 9.66. The summed E-state index contributed by atoms with van der Waals surface area (Å²) in [4.78, 5) is 17.0. The molecule has 0 saturated heterocycles. The highest BCUT2D eigenvalue weighted by atomic mass is 32.1. The number of hydrogen-bond donors (Lipinski definition) is 3. The quantitative estimate of drug-likeness (QED) is 0.628. The van der Waals surface area contributed by atoms with Crippen LogP contribution in [0.15, 0.2) is 6.07 Å². The smallest absolute Gasteiger partial charge is 0.309 e. The molecular weight excluding hydrogens is 190 g/mol. The van der Waals surface area contributed by atoms with E-state index in [9.17, 15) is 4.79 Å². The number of carboxylic acid groups (broad SMARTS) is 1. The van der Waals surface area contributed by atoms with Crippen LogP contribution in [0, 0.1) is 4.77 Å². The summed E-state index contributed by atoms with van der Waals surface area (Å²) in [6.07, 6.45) is -0.0825. The molecule has 0 aromatic carbocycles. The minimum Gasteiger partial charge on any atom is -0.481 e. The fourth-order valence-corrected chi connectivity index (χ4v) is 1.12. The van der Waals surface area contributed by atoms with Gasteiger partial charge in [0, 0.05) is 18.8 Å². The standard InChI is InChI=1S/C7H9N3O2S/c1-8-5-2-4(3-6(11)12)9-7(13)10-5/h2H,3H2,1H3,(H,11,12)(H2,8,9,10,13). The Hall–Kier alpha value is -1.43. The molecule has 70 valence electrons. The van der Waals surface area contributed by atoms with Crippen molar-refractivity contribution in [3.63, 3.8) is 0 Å². The van der Waals surface area contributed by atoms with Crippen LogP contribution in [0.5, 0.6) is 0 Å². The molecule has 0 radical (unpaired) electrons. The SMILES string of the molecule is CNc1cc(CC(=O)O)[nH]c(=S)n1. The van der Waals surface area contributed by atoms with Crippen molar-refractivity contribution in [3.8, 4) is 0 Å². The highest BCUT2D eigenvalue weighted by molar-refractivity contribution is 7.71. The molecule has 0 amide bonds. The third-order valence-corrected chi connectivity index (χ3v) is 1.59. The van der Waals surface area contributed by atoms with Gasteiger partial charge in [-0.1, -0.05) is 0 Å². The maximum Gasteiger partial charge on any atom is 0.309 e. The first-order chi connectivity index (χ1) is 6.11. The number of carboxylic acids is 1. The van der Waals surface area contributed by atoms with Crippen LogP contribution < -0.4 is 5.32 Å². The summed E-state index contributed by atoms with van der Waals surface area (Å²) >= 11 is 4.81. The highest BCUT2D eigenvalue weighted by Crippen LogP contribution is 2.04. The molecule has 0 unspecified atom stereocenters. The molecule has 0 spiro atoms. The van der Waals surface area contributed by atoms with Crippen LogP contribution in [0.25, 0.3) is 0 Å². The number of nitrogens with zero attached hydrogens (tertiary/aromatic N) is 1. The average molecular weight is 199 g/mol. The lowest BCUT2D eigenvalue weighted by molar-refractivity contribution is -0.136. The molecule has 3 N–H and O–H groups in total. The van der Waals surface area contributed by atoms with Gasteiger partial charge in [0.05, 0.1) is 6.42 Å². The van der Waals surface area contributed by atoms with Gasteiger partial charge in [-0.2, -0.15) is 0 Å². The van der Waals surface area contributed by atoms with E-state index in [1.807, 2.05) is 0 Å². The Morgan fingerprint density at radius 3 is 3.08 bits per heavy atom. The second-order valence-electron chi connectivity index (χ2n) is 2.42. The van der Waals surface area contributed by atoms with Gasteiger partial charge in [-0.25, -0.2) is 4.98 Å². The molecule has 0 aliphatic heterocycles. The van der Waals surface area contributed by atoms with E-state index in [2.05, 4.69) is 15.3 Å². The van der Waals surface area contributed by atoms with Gasteiger partial charge < -0.3 is 15.4 Å². The van der Waals surface area contributed by atoms with Gasteiger partial charge in [-0.3, -0.25) is 4.79 Å². The second kappa shape index (κ2) is 3.99. The number of aromatic amines is 1. The van der Waals surface area contributed by atoms with Crippen LogP contribution in [0.1, 0.15) is 5.69 Å². The van der Waals surface area contributed by atoms with Gasteiger partial charge >= 0.3 is 5.97 Å². The summed E-state index contributed by atoms with van der Waals surface area (Å²) in [5.41, 5.74) is 0.539. The Bertz CT molecular complexity index is 374. The molecule has 1 heterocycles. The third kappa shape index (κ3) is 2.83. The van der Waals surface area contributed by atoms with Crippen LogP contribution >= 0.6 is 12.2 Å². The number of hydrogen-bond acceptors (Lipinski definition) is 4. The van der Waals surface area contributed by atoms with Gasteiger partial charge in [0.25, 0.3) is 0 Å². The summed E-state index contributed by atoms with van der Waals surface area (Å²) < 4.78 is 0.281. The molecule has 1 aromatic heterocycles. The lowest BCUT2D eigenvalue weighted by Crippen LogP contribution is -2.04. The Balaban J connectivity index is 3.01. The van der Waals surface area contributed by atoms with E-state index in [1.165, 1.54) is 0 Å². The zero-order chi connectivity index (χ0) is 9.84. The molecule has 0 aliphatic carbocycles. The van der Waals surface area contributed by atoms with Crippen molar-refractivity contribution in [2.24, 2.45) is 0 Å². The van der Waals surface area contributed by atoms with Crippen molar-refractivity contribution < 1.29 is 9.90 Å². The lowest BCUT2D eigenvalue weighted by Gasteiger charge is -2.01. The zero-order valence-electron chi connectivity index (χ0n) is 7.00. The van der Waals surface area contributed by atoms with Crippen molar-refractivity contribution in [3.05, 3.63) is 16.5 Å². The molecule has 6 heteroatoms. The fraction of sp³-hybridized carbons (Fsp3) is 0.286. The topological polar surface area (TPSA) is 78.0 Å². The van der Waals surface area contributed by atoms with E-state index < -0.39 is 5.97 Å². The summed E-state index contributed by atoms with van der Waals surface area (Å²) in [5.74, 6) is -0.334. The van der Waals surface area contributed by atoms with E-state index in [-0.39, 0.29) is 11.2 Å². The lowest BCUT2D eigenvalue weighted by atomic mass is 10.3. The second-order valence-corrected chi connectivity index (χ2v) is 2.80. The van der Waals surface area contributed by atoms with E-state index in [0.717, 1.165) is 0 Å². The predicted octanol–water partition coefficient (Wildman–Crippen LogP) is 0.808. The number of carbonyl (C=O) groups is 1. The Labute approximate surface area is 79.8 Å². The predicted molar refractivity (Wildman–Crippen MR) is 50.3 cm³/mol. The van der Waals surface area contributed by atoms with E-state index in [1.54, 1.807) is 13.1 Å². The van der Waals surface area contributed by atoms with E-state index in [0.29, 0.717) is 11.5 Å². The number of H-pyrrole nitrogens is 1. The molecule has 0 fully saturated rings. The number of nitrogens with one attached hydrogen (secondary N) is 2. The molecule has 0 aliphatic rings. The van der Waals surface area contributed by atoms with Crippen LogP contribution in [0.3, 0.4) is 0 Å². The van der Waals surface area contributed by atoms with Gasteiger partial charge in [0.2, 0.25) is 0 Å². The maximum atomic E-state index is 10.4. The monoisotopic (exact) mass is 199 g/mol. The summed E-state index contributed by atoms with van der Waals surface area (Å²) in [6, 6.07) is 1.62. The van der Waals surface area contributed by atoms with Crippen molar-refractivity contribution in [2.75, 3.05) is 12.4 Å². The van der Waals surface area contributed by atoms with Crippen LogP contribution in [-0.4, -0.2) is 28.1 Å². The van der Waals surface area contributed by atoms with Crippen LogP contribution in [0.4, 0.5) is 5.82 Å². The van der Waals surface area contributed by atoms with Crippen LogP contribution in [-0.2, 0) is 11.2 Å². The largest absolute Gasteiger partial charge is 0.481 e. The Kier molecular flexibility index (Phi) is 2.97. The summed E-state index contributed by atoms with van der Waals surface area (Å²) in [5, 5.41) is 11.3. The van der Waals surface area contributed by atoms with Crippen molar-refractivity contribution >= 4 is 24.0 Å². The summed E-state index contributed by atoms with van der Waals surface area (Å²) in [6.45, 7) is 0. The Morgan fingerprint density at radius 2 is 2.54 bits per heavy atom. The van der Waals surface area contributed by atoms with Crippen molar-refractivity contribution in [2.45, 2.75) is 6.42 Å². The van der Waals surface area contributed by atoms with Gasteiger partial charge in [-0.15, -0.1) is 0 Å². The zero-order valence-corrected chi connectivity index (χ0v) is 7.81. The number of rotatable bonds is 3. The summed E-state index contributed by atoms with van der Waals surface area (Å²) in [7, 11) is 1.70. The first-order valence-electron chi connectivity index (χ1n) is 3.61. The van der Waals surface area contributed by atoms with Gasteiger partial charge in [0.1, 0.15) is 5.82 Å². The minimum absolute atomic E-state index is 0.0825. The number of aromatic nitrogens is 2. The van der Waals surface area contributed by atoms with Crippen molar-refractivity contribution in [1.29, 1.82) is 0 Å². The van der Waals surface area contributed by atoms with Crippen molar-refractivity contribution in [1.82, 2.24) is 9.97 Å². The minimum atomic E-state index is -0.904. The number of anilines is 1. The molecule has 1 aromatic rings. The maximum absolute atomic E-state index is 10.4. The van der Waals surface area contributed by atoms with E-state index in [4.69, 9.17) is 17.3 Å². The third-order valence-electron chi connectivity index (χ3n) is 1.40. The van der Waals surface area contributed by atoms with E-state index >= 15 is 0 Å². The first-order valence-corrected chi connectivity index (χ1v) is 4.02.